The predicted molar refractivity (Wildman–Crippen MR) is 76.2 cm³/mol. The first-order chi connectivity index (χ1) is 8.58. The molecule has 1 rings (SSSR count). The van der Waals surface area contributed by atoms with Crippen molar-refractivity contribution in [1.82, 2.24) is 0 Å². The zero-order chi connectivity index (χ0) is 13.3. The van der Waals surface area contributed by atoms with Crippen LogP contribution in [0.3, 0.4) is 0 Å². The van der Waals surface area contributed by atoms with Gasteiger partial charge in [-0.3, -0.25) is 4.99 Å². The first kappa shape index (κ1) is 15.6. The van der Waals surface area contributed by atoms with E-state index in [9.17, 15) is 0 Å². The van der Waals surface area contributed by atoms with Crippen molar-refractivity contribution in [2.75, 3.05) is 19.8 Å². The number of ether oxygens (including phenoxy) is 2. The lowest BCUT2D eigenvalue weighted by Crippen LogP contribution is -2.22. The summed E-state index contributed by atoms with van der Waals surface area (Å²) in [6.45, 7) is 9.23. The van der Waals surface area contributed by atoms with E-state index in [0.717, 1.165) is 45.4 Å². The van der Waals surface area contributed by atoms with Gasteiger partial charge in [0.05, 0.1) is 0 Å². The fraction of sp³-hybridized carbons (Fsp3) is 0.933. The summed E-state index contributed by atoms with van der Waals surface area (Å²) in [5, 5.41) is 0. The van der Waals surface area contributed by atoms with Crippen LogP contribution in [0.5, 0.6) is 0 Å². The minimum atomic E-state index is 0.0632. The molecule has 0 saturated carbocycles. The Kier molecular flexibility index (Phi) is 7.52. The first-order valence-electron chi connectivity index (χ1n) is 7.29. The largest absolute Gasteiger partial charge is 0.353 e. The second-order valence-electron chi connectivity index (χ2n) is 6.25. The second-order valence-corrected chi connectivity index (χ2v) is 6.25. The average Bonchev–Trinajstić information content (AvgIpc) is 2.32. The van der Waals surface area contributed by atoms with Crippen LogP contribution in [-0.4, -0.2) is 32.3 Å². The molecule has 0 N–H and O–H groups in total. The highest BCUT2D eigenvalue weighted by atomic mass is 16.7. The zero-order valence-corrected chi connectivity index (χ0v) is 12.3. The molecule has 0 aromatic rings. The van der Waals surface area contributed by atoms with Gasteiger partial charge in [-0.25, -0.2) is 0 Å². The molecule has 1 aliphatic rings. The molecule has 0 spiro atoms. The molecule has 1 fully saturated rings. The van der Waals surface area contributed by atoms with Crippen molar-refractivity contribution in [1.29, 1.82) is 0 Å². The molecule has 1 unspecified atom stereocenters. The fourth-order valence-electron chi connectivity index (χ4n) is 1.82. The van der Waals surface area contributed by atoms with E-state index in [1.165, 1.54) is 12.8 Å². The van der Waals surface area contributed by atoms with Crippen LogP contribution >= 0.6 is 0 Å². The first-order valence-corrected chi connectivity index (χ1v) is 7.29. The van der Waals surface area contributed by atoms with Crippen molar-refractivity contribution < 1.29 is 9.47 Å². The SMILES string of the molecule is CC(C)(C)CN=CCCCCOC1CCCCO1. The number of hydrogen-bond donors (Lipinski definition) is 0. The van der Waals surface area contributed by atoms with E-state index in [1.807, 2.05) is 0 Å². The maximum Gasteiger partial charge on any atom is 0.157 e. The molecule has 1 atom stereocenters. The van der Waals surface area contributed by atoms with Crippen LogP contribution in [0.25, 0.3) is 0 Å². The Labute approximate surface area is 112 Å². The second kappa shape index (κ2) is 8.65. The van der Waals surface area contributed by atoms with Gasteiger partial charge in [0, 0.05) is 19.8 Å². The summed E-state index contributed by atoms with van der Waals surface area (Å²) >= 11 is 0. The standard InChI is InChI=1S/C15H29NO2/c1-15(2,3)13-16-10-6-4-7-11-17-14-9-5-8-12-18-14/h10,14H,4-9,11-13H2,1-3H3. The van der Waals surface area contributed by atoms with Crippen LogP contribution in [-0.2, 0) is 9.47 Å². The Balaban J connectivity index is 1.89. The predicted octanol–water partition coefficient (Wildman–Crippen LogP) is 3.82. The molecular weight excluding hydrogens is 226 g/mol. The van der Waals surface area contributed by atoms with Crippen molar-refractivity contribution in [3.8, 4) is 0 Å². The van der Waals surface area contributed by atoms with E-state index >= 15 is 0 Å². The maximum atomic E-state index is 5.68. The van der Waals surface area contributed by atoms with Gasteiger partial charge in [-0.05, 0) is 50.2 Å². The number of hydrogen-bond acceptors (Lipinski definition) is 3. The molecule has 3 heteroatoms. The summed E-state index contributed by atoms with van der Waals surface area (Å²) in [6.07, 6.45) is 8.92. The van der Waals surface area contributed by atoms with E-state index in [2.05, 4.69) is 32.0 Å². The van der Waals surface area contributed by atoms with Gasteiger partial charge >= 0.3 is 0 Å². The lowest BCUT2D eigenvalue weighted by Gasteiger charge is -2.22. The lowest BCUT2D eigenvalue weighted by atomic mass is 9.97. The van der Waals surface area contributed by atoms with E-state index in [0.29, 0.717) is 5.41 Å². The highest BCUT2D eigenvalue weighted by Crippen LogP contribution is 2.14. The van der Waals surface area contributed by atoms with Crippen LogP contribution in [0.4, 0.5) is 0 Å². The molecule has 3 nitrogen and oxygen atoms in total. The average molecular weight is 255 g/mol. The van der Waals surface area contributed by atoms with Crippen molar-refractivity contribution >= 4 is 6.21 Å². The van der Waals surface area contributed by atoms with Gasteiger partial charge in [0.25, 0.3) is 0 Å². The molecule has 0 aromatic carbocycles. The van der Waals surface area contributed by atoms with Crippen molar-refractivity contribution in [3.63, 3.8) is 0 Å². The topological polar surface area (TPSA) is 30.8 Å². The van der Waals surface area contributed by atoms with Crippen molar-refractivity contribution in [3.05, 3.63) is 0 Å². The van der Waals surface area contributed by atoms with Crippen LogP contribution in [0.2, 0.25) is 0 Å². The molecule has 1 heterocycles. The van der Waals surface area contributed by atoms with E-state index in [4.69, 9.17) is 9.47 Å². The van der Waals surface area contributed by atoms with E-state index in [-0.39, 0.29) is 6.29 Å². The van der Waals surface area contributed by atoms with E-state index < -0.39 is 0 Å². The molecule has 0 aromatic heterocycles. The third-order valence-corrected chi connectivity index (χ3v) is 2.86. The molecular formula is C15H29NO2. The zero-order valence-electron chi connectivity index (χ0n) is 12.3. The quantitative estimate of drug-likeness (QED) is 0.511. The molecule has 0 bridgehead atoms. The normalized spacial score (nSPS) is 21.6. The van der Waals surface area contributed by atoms with Crippen LogP contribution < -0.4 is 0 Å². The van der Waals surface area contributed by atoms with Gasteiger partial charge in [-0.2, -0.15) is 0 Å². The monoisotopic (exact) mass is 255 g/mol. The van der Waals surface area contributed by atoms with Crippen LogP contribution in [0.15, 0.2) is 4.99 Å². The number of rotatable bonds is 7. The summed E-state index contributed by atoms with van der Waals surface area (Å²) < 4.78 is 11.2. The number of nitrogens with zero attached hydrogens (tertiary/aromatic N) is 1. The van der Waals surface area contributed by atoms with Gasteiger partial charge < -0.3 is 9.47 Å². The van der Waals surface area contributed by atoms with Gasteiger partial charge in [-0.15, -0.1) is 0 Å². The highest BCUT2D eigenvalue weighted by Gasteiger charge is 2.13. The molecule has 18 heavy (non-hydrogen) atoms. The highest BCUT2D eigenvalue weighted by molar-refractivity contribution is 5.56. The minimum Gasteiger partial charge on any atom is -0.353 e. The summed E-state index contributed by atoms with van der Waals surface area (Å²) in [6, 6.07) is 0. The molecule has 1 aliphatic heterocycles. The number of aliphatic imine (C=N–C) groups is 1. The maximum absolute atomic E-state index is 5.68. The summed E-state index contributed by atoms with van der Waals surface area (Å²) in [5.74, 6) is 0. The summed E-state index contributed by atoms with van der Waals surface area (Å²) in [5.41, 5.74) is 0.304. The number of unbranched alkanes of at least 4 members (excludes halogenated alkanes) is 2. The minimum absolute atomic E-state index is 0.0632. The Morgan fingerprint density at radius 2 is 2.11 bits per heavy atom. The third kappa shape index (κ3) is 8.65. The van der Waals surface area contributed by atoms with Crippen LogP contribution in [0, 0.1) is 5.41 Å². The molecule has 0 radical (unpaired) electrons. The Hall–Kier alpha value is -0.410. The summed E-state index contributed by atoms with van der Waals surface area (Å²) in [4.78, 5) is 4.44. The molecule has 1 saturated heterocycles. The van der Waals surface area contributed by atoms with E-state index in [1.54, 1.807) is 0 Å². The van der Waals surface area contributed by atoms with Gasteiger partial charge in [-0.1, -0.05) is 20.8 Å². The van der Waals surface area contributed by atoms with Gasteiger partial charge in [0.1, 0.15) is 0 Å². The Bertz CT molecular complexity index is 227. The lowest BCUT2D eigenvalue weighted by molar-refractivity contribution is -0.162. The molecule has 106 valence electrons. The molecule has 0 aliphatic carbocycles. The van der Waals surface area contributed by atoms with Gasteiger partial charge in [0.15, 0.2) is 6.29 Å². The third-order valence-electron chi connectivity index (χ3n) is 2.86. The Morgan fingerprint density at radius 3 is 2.78 bits per heavy atom. The smallest absolute Gasteiger partial charge is 0.157 e. The Morgan fingerprint density at radius 1 is 1.28 bits per heavy atom. The fourth-order valence-corrected chi connectivity index (χ4v) is 1.82. The van der Waals surface area contributed by atoms with Crippen molar-refractivity contribution in [2.24, 2.45) is 10.4 Å². The summed E-state index contributed by atoms with van der Waals surface area (Å²) in [7, 11) is 0. The van der Waals surface area contributed by atoms with Crippen LogP contribution in [0.1, 0.15) is 59.3 Å². The van der Waals surface area contributed by atoms with Crippen molar-refractivity contribution in [2.45, 2.75) is 65.6 Å². The molecule has 0 amide bonds. The van der Waals surface area contributed by atoms with Gasteiger partial charge in [0.2, 0.25) is 0 Å².